The van der Waals surface area contributed by atoms with Gasteiger partial charge in [-0.25, -0.2) is 17.1 Å². The van der Waals surface area contributed by atoms with Gasteiger partial charge in [0.05, 0.1) is 18.3 Å². The average molecular weight is 393 g/mol. The van der Waals surface area contributed by atoms with Gasteiger partial charge in [0.1, 0.15) is 5.82 Å². The maximum Gasteiger partial charge on any atom is 0.224 e. The summed E-state index contributed by atoms with van der Waals surface area (Å²) in [6.07, 6.45) is 1.95. The van der Waals surface area contributed by atoms with Crippen LogP contribution in [0.5, 0.6) is 0 Å². The Morgan fingerprint density at radius 3 is 2.56 bits per heavy atom. The lowest BCUT2D eigenvalue weighted by Crippen LogP contribution is -2.53. The molecule has 0 aliphatic carbocycles. The summed E-state index contributed by atoms with van der Waals surface area (Å²) < 4.78 is 43.9. The molecule has 1 amide bonds. The molecule has 0 aromatic heterocycles. The molecule has 1 aliphatic heterocycles. The zero-order valence-electron chi connectivity index (χ0n) is 14.2. The van der Waals surface area contributed by atoms with Gasteiger partial charge in [-0.1, -0.05) is 17.7 Å². The van der Waals surface area contributed by atoms with Crippen molar-refractivity contribution in [3.05, 3.63) is 34.6 Å². The average Bonchev–Trinajstić information content (AvgIpc) is 2.56. The first-order chi connectivity index (χ1) is 11.7. The first kappa shape index (κ1) is 20.1. The summed E-state index contributed by atoms with van der Waals surface area (Å²) in [5.74, 6) is -0.889. The molecule has 0 saturated carbocycles. The molecule has 6 nitrogen and oxygen atoms in total. The van der Waals surface area contributed by atoms with Crippen molar-refractivity contribution in [2.45, 2.75) is 24.9 Å². The number of benzene rings is 1. The van der Waals surface area contributed by atoms with Gasteiger partial charge in [-0.05, 0) is 25.0 Å². The summed E-state index contributed by atoms with van der Waals surface area (Å²) >= 11 is 5.93. The van der Waals surface area contributed by atoms with E-state index in [0.29, 0.717) is 25.9 Å². The summed E-state index contributed by atoms with van der Waals surface area (Å²) in [5.41, 5.74) is -0.476. The highest BCUT2D eigenvalue weighted by Crippen LogP contribution is 2.26. The molecule has 0 atom stereocenters. The first-order valence-corrected chi connectivity index (χ1v) is 10.1. The van der Waals surface area contributed by atoms with Gasteiger partial charge in [-0.2, -0.15) is 0 Å². The number of piperidine rings is 1. The van der Waals surface area contributed by atoms with E-state index < -0.39 is 21.4 Å². The second-order valence-corrected chi connectivity index (χ2v) is 8.59. The van der Waals surface area contributed by atoms with Crippen LogP contribution in [0.1, 0.15) is 18.4 Å². The van der Waals surface area contributed by atoms with Crippen LogP contribution in [0, 0.1) is 5.82 Å². The number of halogens is 2. The Morgan fingerprint density at radius 1 is 1.40 bits per heavy atom. The number of nitrogens with zero attached hydrogens (tertiary/aromatic N) is 1. The lowest BCUT2D eigenvalue weighted by Gasteiger charge is -2.39. The van der Waals surface area contributed by atoms with Crippen LogP contribution < -0.4 is 5.32 Å². The van der Waals surface area contributed by atoms with Crippen LogP contribution in [-0.2, 0) is 26.0 Å². The van der Waals surface area contributed by atoms with Crippen molar-refractivity contribution in [1.82, 2.24) is 9.62 Å². The molecule has 2 rings (SSSR count). The van der Waals surface area contributed by atoms with Crippen molar-refractivity contribution < 1.29 is 22.3 Å². The molecule has 1 saturated heterocycles. The van der Waals surface area contributed by atoms with Crippen LogP contribution in [0.4, 0.5) is 4.39 Å². The molecule has 1 fully saturated rings. The van der Waals surface area contributed by atoms with Crippen molar-refractivity contribution in [3.8, 4) is 0 Å². The van der Waals surface area contributed by atoms with Gasteiger partial charge < -0.3 is 10.1 Å². The molecule has 0 bridgehead atoms. The fourth-order valence-corrected chi connectivity index (χ4v) is 3.94. The van der Waals surface area contributed by atoms with Gasteiger partial charge >= 0.3 is 0 Å². The molecule has 1 heterocycles. The van der Waals surface area contributed by atoms with Gasteiger partial charge in [0, 0.05) is 37.3 Å². The van der Waals surface area contributed by atoms with E-state index >= 15 is 0 Å². The van der Waals surface area contributed by atoms with Gasteiger partial charge in [0.25, 0.3) is 0 Å². The molecule has 9 heteroatoms. The van der Waals surface area contributed by atoms with E-state index in [0.717, 1.165) is 0 Å². The van der Waals surface area contributed by atoms with E-state index in [2.05, 4.69) is 5.32 Å². The Balaban J connectivity index is 1.94. The number of nitrogens with one attached hydrogen (secondary N) is 1. The highest BCUT2D eigenvalue weighted by molar-refractivity contribution is 7.88. The second kappa shape index (κ2) is 7.99. The van der Waals surface area contributed by atoms with Crippen LogP contribution in [0.3, 0.4) is 0 Å². The Kier molecular flexibility index (Phi) is 6.42. The van der Waals surface area contributed by atoms with Crippen molar-refractivity contribution >= 4 is 27.5 Å². The number of rotatable bonds is 6. The van der Waals surface area contributed by atoms with Crippen molar-refractivity contribution in [1.29, 1.82) is 0 Å². The highest BCUT2D eigenvalue weighted by Gasteiger charge is 2.37. The normalized spacial score (nSPS) is 18.1. The summed E-state index contributed by atoms with van der Waals surface area (Å²) in [6, 6.07) is 4.27. The molecule has 0 spiro atoms. The van der Waals surface area contributed by atoms with E-state index in [-0.39, 0.29) is 29.5 Å². The van der Waals surface area contributed by atoms with E-state index in [1.165, 1.54) is 35.9 Å². The summed E-state index contributed by atoms with van der Waals surface area (Å²) in [7, 11) is -1.69. The fraction of sp³-hybridized carbons (Fsp3) is 0.562. The third-order valence-electron chi connectivity index (χ3n) is 4.54. The number of amides is 1. The molecule has 1 N–H and O–H groups in total. The summed E-state index contributed by atoms with van der Waals surface area (Å²) in [5, 5.41) is 2.95. The quantitative estimate of drug-likeness (QED) is 0.797. The lowest BCUT2D eigenvalue weighted by molar-refractivity contribution is -0.122. The lowest BCUT2D eigenvalue weighted by atomic mass is 9.92. The monoisotopic (exact) mass is 392 g/mol. The standard InChI is InChI=1S/C16H22ClFN2O4S/c1-24-16(6-8-20(9-7-16)25(2,22)23)11-19-15(21)10-12-13(17)4-3-5-14(12)18/h3-5H,6-11H2,1-2H3,(H,19,21). The molecule has 1 aromatic carbocycles. The Morgan fingerprint density at radius 2 is 2.04 bits per heavy atom. The minimum Gasteiger partial charge on any atom is -0.376 e. The number of sulfonamides is 1. The van der Waals surface area contributed by atoms with E-state index in [9.17, 15) is 17.6 Å². The van der Waals surface area contributed by atoms with Crippen LogP contribution in [0.2, 0.25) is 5.02 Å². The minimum absolute atomic E-state index is 0.153. The number of carbonyl (C=O) groups is 1. The van der Waals surface area contributed by atoms with Crippen LogP contribution in [0.15, 0.2) is 18.2 Å². The SMILES string of the molecule is COC1(CNC(=O)Cc2c(F)cccc2Cl)CCN(S(C)(=O)=O)CC1. The third-order valence-corrected chi connectivity index (χ3v) is 6.20. The smallest absolute Gasteiger partial charge is 0.224 e. The van der Waals surface area contributed by atoms with Gasteiger partial charge in [-0.3, -0.25) is 4.79 Å². The van der Waals surface area contributed by atoms with Crippen LogP contribution in [-0.4, -0.2) is 57.2 Å². The van der Waals surface area contributed by atoms with Crippen LogP contribution in [0.25, 0.3) is 0 Å². The number of methoxy groups -OCH3 is 1. The third kappa shape index (κ3) is 5.13. The molecule has 0 unspecified atom stereocenters. The molecule has 25 heavy (non-hydrogen) atoms. The molecular weight excluding hydrogens is 371 g/mol. The maximum absolute atomic E-state index is 13.8. The highest BCUT2D eigenvalue weighted by atomic mass is 35.5. The minimum atomic E-state index is -3.23. The number of ether oxygens (including phenoxy) is 1. The zero-order chi connectivity index (χ0) is 18.7. The largest absolute Gasteiger partial charge is 0.376 e. The van der Waals surface area contributed by atoms with Crippen molar-refractivity contribution in [2.75, 3.05) is 33.0 Å². The van der Waals surface area contributed by atoms with Crippen molar-refractivity contribution in [3.63, 3.8) is 0 Å². The Bertz CT molecular complexity index is 713. The molecule has 1 aromatic rings. The molecule has 1 aliphatic rings. The fourth-order valence-electron chi connectivity index (χ4n) is 2.86. The Hall–Kier alpha value is -1.22. The molecule has 0 radical (unpaired) electrons. The van der Waals surface area contributed by atoms with E-state index in [1.54, 1.807) is 0 Å². The number of hydrogen-bond acceptors (Lipinski definition) is 4. The zero-order valence-corrected chi connectivity index (χ0v) is 15.8. The molecular formula is C16H22ClFN2O4S. The number of carbonyl (C=O) groups excluding carboxylic acids is 1. The van der Waals surface area contributed by atoms with Gasteiger partial charge in [-0.15, -0.1) is 0 Å². The van der Waals surface area contributed by atoms with Gasteiger partial charge in [0.2, 0.25) is 15.9 Å². The van der Waals surface area contributed by atoms with Crippen molar-refractivity contribution in [2.24, 2.45) is 0 Å². The van der Waals surface area contributed by atoms with Gasteiger partial charge in [0.15, 0.2) is 0 Å². The predicted molar refractivity (Wildman–Crippen MR) is 93.5 cm³/mol. The summed E-state index contributed by atoms with van der Waals surface area (Å²) in [4.78, 5) is 12.1. The van der Waals surface area contributed by atoms with Crippen LogP contribution >= 0.6 is 11.6 Å². The predicted octanol–water partition coefficient (Wildman–Crippen LogP) is 1.58. The summed E-state index contributed by atoms with van der Waals surface area (Å²) in [6.45, 7) is 0.898. The Labute approximate surface area is 152 Å². The van der Waals surface area contributed by atoms with E-state index in [4.69, 9.17) is 16.3 Å². The number of hydrogen-bond donors (Lipinski definition) is 1. The second-order valence-electron chi connectivity index (χ2n) is 6.20. The van der Waals surface area contributed by atoms with E-state index in [1.807, 2.05) is 0 Å². The maximum atomic E-state index is 13.8. The first-order valence-electron chi connectivity index (χ1n) is 7.87. The topological polar surface area (TPSA) is 75.7 Å². The molecule has 140 valence electrons.